The first-order valence-electron chi connectivity index (χ1n) is 5.08. The molecule has 106 valence electrons. The Labute approximate surface area is 101 Å². The van der Waals surface area contributed by atoms with E-state index in [0.717, 1.165) is 6.54 Å². The molecule has 0 aliphatic carbocycles. The second kappa shape index (κ2) is 6.43. The standard InChI is InChI=1S/C7H14N2O2.C2HF3O2/c1-5-4-9(7(10)11)6(2)3-8-5;3-2(4,5)1(6)7/h5-6,8H,3-4H2,1-2H3,(H,10,11);(H,6,7)/t5-,6+;/m0./s1. The van der Waals surface area contributed by atoms with Gasteiger partial charge in [0.25, 0.3) is 0 Å². The number of nitrogens with one attached hydrogen (secondary N) is 1. The fraction of sp³-hybridized carbons (Fsp3) is 0.778. The average Bonchev–Trinajstić information content (AvgIpc) is 2.20. The van der Waals surface area contributed by atoms with Crippen LogP contribution in [-0.4, -0.2) is 58.5 Å². The van der Waals surface area contributed by atoms with Crippen molar-refractivity contribution in [1.29, 1.82) is 0 Å². The van der Waals surface area contributed by atoms with Gasteiger partial charge in [-0.15, -0.1) is 0 Å². The molecule has 1 aliphatic rings. The Kier molecular flexibility index (Phi) is 5.89. The molecule has 2 atom stereocenters. The van der Waals surface area contributed by atoms with Crippen molar-refractivity contribution < 1.29 is 33.0 Å². The van der Waals surface area contributed by atoms with Gasteiger partial charge in [0, 0.05) is 25.2 Å². The predicted octanol–water partition coefficient (Wildman–Crippen LogP) is 0.980. The Morgan fingerprint density at radius 2 is 1.72 bits per heavy atom. The van der Waals surface area contributed by atoms with E-state index in [1.807, 2.05) is 13.8 Å². The van der Waals surface area contributed by atoms with Crippen molar-refractivity contribution in [2.24, 2.45) is 0 Å². The summed E-state index contributed by atoms with van der Waals surface area (Å²) >= 11 is 0. The number of carbonyl (C=O) groups is 2. The largest absolute Gasteiger partial charge is 0.490 e. The topological polar surface area (TPSA) is 89.9 Å². The Hall–Kier alpha value is -1.51. The second-order valence-corrected chi connectivity index (χ2v) is 3.90. The zero-order valence-electron chi connectivity index (χ0n) is 9.86. The van der Waals surface area contributed by atoms with E-state index in [9.17, 15) is 18.0 Å². The third kappa shape index (κ3) is 5.71. The lowest BCUT2D eigenvalue weighted by molar-refractivity contribution is -0.192. The Morgan fingerprint density at radius 1 is 1.28 bits per heavy atom. The van der Waals surface area contributed by atoms with Crippen LogP contribution in [0.15, 0.2) is 0 Å². The number of hydrogen-bond acceptors (Lipinski definition) is 3. The summed E-state index contributed by atoms with van der Waals surface area (Å²) in [6.07, 6.45) is -5.90. The van der Waals surface area contributed by atoms with Gasteiger partial charge in [0.15, 0.2) is 0 Å². The van der Waals surface area contributed by atoms with E-state index in [0.29, 0.717) is 6.54 Å². The summed E-state index contributed by atoms with van der Waals surface area (Å²) in [7, 11) is 0. The van der Waals surface area contributed by atoms with Crippen molar-refractivity contribution in [2.45, 2.75) is 32.1 Å². The highest BCUT2D eigenvalue weighted by atomic mass is 19.4. The van der Waals surface area contributed by atoms with Crippen molar-refractivity contribution in [3.63, 3.8) is 0 Å². The number of carboxylic acids is 1. The van der Waals surface area contributed by atoms with E-state index >= 15 is 0 Å². The molecule has 1 fully saturated rings. The predicted molar refractivity (Wildman–Crippen MR) is 55.3 cm³/mol. The number of aliphatic carboxylic acids is 1. The highest BCUT2D eigenvalue weighted by Crippen LogP contribution is 2.13. The number of alkyl halides is 3. The molecule has 0 aromatic rings. The van der Waals surface area contributed by atoms with Gasteiger partial charge in [-0.05, 0) is 13.8 Å². The first-order chi connectivity index (χ1) is 8.05. The zero-order valence-corrected chi connectivity index (χ0v) is 9.86. The summed E-state index contributed by atoms with van der Waals surface area (Å²) in [5, 5.41) is 19.1. The molecule has 9 heteroatoms. The fourth-order valence-corrected chi connectivity index (χ4v) is 1.29. The van der Waals surface area contributed by atoms with Gasteiger partial charge in [-0.25, -0.2) is 9.59 Å². The van der Waals surface area contributed by atoms with Gasteiger partial charge in [-0.3, -0.25) is 0 Å². The molecule has 1 amide bonds. The average molecular weight is 272 g/mol. The fourth-order valence-electron chi connectivity index (χ4n) is 1.29. The van der Waals surface area contributed by atoms with Crippen LogP contribution in [0.3, 0.4) is 0 Å². The van der Waals surface area contributed by atoms with Crippen molar-refractivity contribution in [3.8, 4) is 0 Å². The van der Waals surface area contributed by atoms with Gasteiger partial charge >= 0.3 is 18.2 Å². The molecule has 0 bridgehead atoms. The number of rotatable bonds is 0. The first kappa shape index (κ1) is 16.5. The molecule has 1 heterocycles. The minimum absolute atomic E-state index is 0.101. The van der Waals surface area contributed by atoms with Gasteiger partial charge in [0.2, 0.25) is 0 Å². The summed E-state index contributed by atoms with van der Waals surface area (Å²) in [4.78, 5) is 21.0. The van der Waals surface area contributed by atoms with Gasteiger partial charge in [-0.2, -0.15) is 13.2 Å². The number of hydrogen-bond donors (Lipinski definition) is 3. The summed E-state index contributed by atoms with van der Waals surface area (Å²) in [6, 6.07) is 0.381. The molecule has 0 radical (unpaired) electrons. The Balaban J connectivity index is 0.000000360. The normalized spacial score (nSPS) is 23.9. The minimum Gasteiger partial charge on any atom is -0.475 e. The number of carboxylic acid groups (broad SMARTS) is 2. The molecule has 1 rings (SSSR count). The van der Waals surface area contributed by atoms with Gasteiger partial charge in [0.1, 0.15) is 0 Å². The van der Waals surface area contributed by atoms with Crippen molar-refractivity contribution in [2.75, 3.05) is 13.1 Å². The Bertz CT molecular complexity index is 309. The monoisotopic (exact) mass is 272 g/mol. The molecule has 18 heavy (non-hydrogen) atoms. The third-order valence-corrected chi connectivity index (χ3v) is 2.25. The highest BCUT2D eigenvalue weighted by molar-refractivity contribution is 5.73. The van der Waals surface area contributed by atoms with Crippen molar-refractivity contribution in [3.05, 3.63) is 0 Å². The maximum atomic E-state index is 10.6. The minimum atomic E-state index is -5.08. The van der Waals surface area contributed by atoms with E-state index in [-0.39, 0.29) is 12.1 Å². The molecule has 0 unspecified atom stereocenters. The lowest BCUT2D eigenvalue weighted by atomic mass is 10.1. The molecule has 6 nitrogen and oxygen atoms in total. The molecule has 0 saturated carbocycles. The Morgan fingerprint density at radius 3 is 2.00 bits per heavy atom. The maximum absolute atomic E-state index is 10.6. The highest BCUT2D eigenvalue weighted by Gasteiger charge is 2.38. The van der Waals surface area contributed by atoms with Crippen LogP contribution in [0.25, 0.3) is 0 Å². The van der Waals surface area contributed by atoms with E-state index < -0.39 is 18.2 Å². The molecule has 0 aromatic heterocycles. The van der Waals surface area contributed by atoms with Crippen LogP contribution >= 0.6 is 0 Å². The maximum Gasteiger partial charge on any atom is 0.490 e. The van der Waals surface area contributed by atoms with Crippen molar-refractivity contribution >= 4 is 12.1 Å². The summed E-state index contributed by atoms with van der Waals surface area (Å²) in [6.45, 7) is 5.25. The summed E-state index contributed by atoms with van der Waals surface area (Å²) < 4.78 is 31.7. The van der Waals surface area contributed by atoms with E-state index in [1.165, 1.54) is 4.90 Å². The molecular formula is C9H15F3N2O4. The van der Waals surface area contributed by atoms with Crippen LogP contribution in [-0.2, 0) is 4.79 Å². The zero-order chi connectivity index (χ0) is 14.5. The second-order valence-electron chi connectivity index (χ2n) is 3.90. The number of nitrogens with zero attached hydrogens (tertiary/aromatic N) is 1. The molecule has 3 N–H and O–H groups in total. The smallest absolute Gasteiger partial charge is 0.475 e. The van der Waals surface area contributed by atoms with Crippen LogP contribution in [0.5, 0.6) is 0 Å². The third-order valence-electron chi connectivity index (χ3n) is 2.25. The molecule has 1 saturated heterocycles. The van der Waals surface area contributed by atoms with Crippen LogP contribution in [0, 0.1) is 0 Å². The lowest BCUT2D eigenvalue weighted by Crippen LogP contribution is -2.55. The van der Waals surface area contributed by atoms with Crippen molar-refractivity contribution in [1.82, 2.24) is 10.2 Å². The van der Waals surface area contributed by atoms with Crippen LogP contribution in [0.1, 0.15) is 13.8 Å². The lowest BCUT2D eigenvalue weighted by Gasteiger charge is -2.35. The van der Waals surface area contributed by atoms with Gasteiger partial charge in [-0.1, -0.05) is 0 Å². The molecule has 0 aromatic carbocycles. The van der Waals surface area contributed by atoms with E-state index in [2.05, 4.69) is 5.32 Å². The van der Waals surface area contributed by atoms with Gasteiger partial charge < -0.3 is 20.4 Å². The molecule has 0 spiro atoms. The molecular weight excluding hydrogens is 257 g/mol. The number of halogens is 3. The quantitative estimate of drug-likeness (QED) is 0.611. The SMILES string of the molecule is C[C@@H]1CN[C@@H](C)CN1C(=O)O.O=C(O)C(F)(F)F. The van der Waals surface area contributed by atoms with Crippen LogP contribution < -0.4 is 5.32 Å². The number of piperazine rings is 1. The first-order valence-corrected chi connectivity index (χ1v) is 5.08. The number of amides is 1. The van der Waals surface area contributed by atoms with Crippen LogP contribution in [0.2, 0.25) is 0 Å². The molecule has 1 aliphatic heterocycles. The van der Waals surface area contributed by atoms with E-state index in [4.69, 9.17) is 15.0 Å². The van der Waals surface area contributed by atoms with E-state index in [1.54, 1.807) is 0 Å². The summed E-state index contributed by atoms with van der Waals surface area (Å²) in [5.74, 6) is -2.76. The summed E-state index contributed by atoms with van der Waals surface area (Å²) in [5.41, 5.74) is 0. The van der Waals surface area contributed by atoms with Gasteiger partial charge in [0.05, 0.1) is 0 Å². The van der Waals surface area contributed by atoms with Crippen LogP contribution in [0.4, 0.5) is 18.0 Å².